The Morgan fingerprint density at radius 3 is 2.37 bits per heavy atom. The lowest BCUT2D eigenvalue weighted by Gasteiger charge is -2.40. The van der Waals surface area contributed by atoms with Crippen molar-refractivity contribution >= 4 is 11.6 Å². The van der Waals surface area contributed by atoms with Crippen LogP contribution in [-0.4, -0.2) is 28.9 Å². The van der Waals surface area contributed by atoms with Gasteiger partial charge in [0.05, 0.1) is 0 Å². The van der Waals surface area contributed by atoms with E-state index in [0.29, 0.717) is 12.1 Å². The van der Waals surface area contributed by atoms with Crippen LogP contribution in [0.5, 0.6) is 0 Å². The second-order valence-corrected chi connectivity index (χ2v) is 5.61. The summed E-state index contributed by atoms with van der Waals surface area (Å²) in [6, 6.07) is 10.5. The number of piperidine rings is 1. The van der Waals surface area contributed by atoms with Crippen LogP contribution < -0.4 is 5.32 Å². The minimum Gasteiger partial charge on any atom is -0.374 e. The topological polar surface area (TPSA) is 32.3 Å². The Balaban J connectivity index is 2.02. The molecule has 1 aromatic rings. The van der Waals surface area contributed by atoms with E-state index < -0.39 is 0 Å². The van der Waals surface area contributed by atoms with Crippen LogP contribution in [0.2, 0.25) is 0 Å². The fraction of sp³-hybridized carbons (Fsp3) is 0.562. The van der Waals surface area contributed by atoms with Crippen LogP contribution in [-0.2, 0) is 4.79 Å². The van der Waals surface area contributed by atoms with Gasteiger partial charge in [0.15, 0.2) is 0 Å². The number of carbonyl (C=O) groups is 1. The average Bonchev–Trinajstić information content (AvgIpc) is 2.39. The van der Waals surface area contributed by atoms with Gasteiger partial charge in [-0.15, -0.1) is 0 Å². The lowest BCUT2D eigenvalue weighted by Crippen LogP contribution is -2.52. The molecule has 1 aromatic carbocycles. The highest BCUT2D eigenvalue weighted by Crippen LogP contribution is 2.23. The van der Waals surface area contributed by atoms with E-state index in [-0.39, 0.29) is 11.9 Å². The lowest BCUT2D eigenvalue weighted by atomic mass is 9.96. The van der Waals surface area contributed by atoms with Gasteiger partial charge in [0.2, 0.25) is 5.91 Å². The van der Waals surface area contributed by atoms with E-state index in [4.69, 9.17) is 0 Å². The molecule has 0 saturated carbocycles. The molecule has 0 bridgehead atoms. The number of anilines is 1. The van der Waals surface area contributed by atoms with E-state index in [1.54, 1.807) is 0 Å². The first kappa shape index (κ1) is 13.9. The minimum absolute atomic E-state index is 0.176. The number of benzene rings is 1. The Morgan fingerprint density at radius 1 is 1.21 bits per heavy atom. The van der Waals surface area contributed by atoms with Gasteiger partial charge in [-0.05, 0) is 52.2 Å². The number of nitrogens with zero attached hydrogens (tertiary/aromatic N) is 1. The number of nitrogens with one attached hydrogen (secondary N) is 1. The number of carbonyl (C=O) groups excluding carboxylic acids is 1. The summed E-state index contributed by atoms with van der Waals surface area (Å²) < 4.78 is 0. The highest BCUT2D eigenvalue weighted by atomic mass is 16.2. The predicted molar refractivity (Wildman–Crippen MR) is 79.1 cm³/mol. The summed E-state index contributed by atoms with van der Waals surface area (Å²) in [6.45, 7) is 6.26. The van der Waals surface area contributed by atoms with Gasteiger partial charge < -0.3 is 10.2 Å². The third-order valence-corrected chi connectivity index (χ3v) is 3.98. The monoisotopic (exact) mass is 260 g/mol. The molecule has 0 radical (unpaired) electrons. The molecule has 3 unspecified atom stereocenters. The summed E-state index contributed by atoms with van der Waals surface area (Å²) in [6.07, 6.45) is 3.47. The van der Waals surface area contributed by atoms with Crippen LogP contribution in [0.1, 0.15) is 40.0 Å². The molecule has 1 N–H and O–H groups in total. The summed E-state index contributed by atoms with van der Waals surface area (Å²) >= 11 is 0. The maximum atomic E-state index is 12.6. The SMILES string of the molecule is CC(Nc1ccccc1)C(=O)N1C(C)CCCC1C. The van der Waals surface area contributed by atoms with E-state index in [9.17, 15) is 4.79 Å². The quantitative estimate of drug-likeness (QED) is 0.904. The van der Waals surface area contributed by atoms with E-state index in [1.165, 1.54) is 6.42 Å². The predicted octanol–water partition coefficient (Wildman–Crippen LogP) is 3.28. The highest BCUT2D eigenvalue weighted by molar-refractivity contribution is 5.84. The summed E-state index contributed by atoms with van der Waals surface area (Å²) in [5.41, 5.74) is 1.00. The molecule has 3 nitrogen and oxygen atoms in total. The number of amides is 1. The van der Waals surface area contributed by atoms with Gasteiger partial charge in [-0.3, -0.25) is 4.79 Å². The molecule has 1 fully saturated rings. The van der Waals surface area contributed by atoms with Gasteiger partial charge >= 0.3 is 0 Å². The van der Waals surface area contributed by atoms with Crippen LogP contribution in [0, 0.1) is 0 Å². The smallest absolute Gasteiger partial charge is 0.245 e. The lowest BCUT2D eigenvalue weighted by molar-refractivity contribution is -0.137. The zero-order chi connectivity index (χ0) is 13.8. The highest BCUT2D eigenvalue weighted by Gasteiger charge is 2.31. The van der Waals surface area contributed by atoms with Gasteiger partial charge in [-0.2, -0.15) is 0 Å². The maximum Gasteiger partial charge on any atom is 0.245 e. The van der Waals surface area contributed by atoms with Crippen molar-refractivity contribution in [2.75, 3.05) is 5.32 Å². The van der Waals surface area contributed by atoms with Gasteiger partial charge in [-0.1, -0.05) is 18.2 Å². The van der Waals surface area contributed by atoms with Crippen molar-refractivity contribution in [2.45, 2.75) is 58.2 Å². The standard InChI is InChI=1S/C16H24N2O/c1-12-8-7-9-13(2)18(12)16(19)14(3)17-15-10-5-4-6-11-15/h4-6,10-14,17H,7-9H2,1-3H3. The number of hydrogen-bond acceptors (Lipinski definition) is 2. The molecule has 104 valence electrons. The molecule has 19 heavy (non-hydrogen) atoms. The molecule has 1 saturated heterocycles. The zero-order valence-corrected chi connectivity index (χ0v) is 12.1. The zero-order valence-electron chi connectivity index (χ0n) is 12.1. The average molecular weight is 260 g/mol. The molecule has 1 aliphatic heterocycles. The largest absolute Gasteiger partial charge is 0.374 e. The molecule has 0 aliphatic carbocycles. The number of likely N-dealkylation sites (tertiary alicyclic amines) is 1. The summed E-state index contributed by atoms with van der Waals surface area (Å²) in [4.78, 5) is 14.6. The molecule has 0 spiro atoms. The molecule has 3 heteroatoms. The fourth-order valence-electron chi connectivity index (χ4n) is 2.93. The van der Waals surface area contributed by atoms with Gasteiger partial charge in [0, 0.05) is 17.8 Å². The summed E-state index contributed by atoms with van der Waals surface area (Å²) in [7, 11) is 0. The van der Waals surface area contributed by atoms with Crippen LogP contribution in [0.25, 0.3) is 0 Å². The van der Waals surface area contributed by atoms with Crippen molar-refractivity contribution in [3.05, 3.63) is 30.3 Å². The van der Waals surface area contributed by atoms with E-state index in [2.05, 4.69) is 24.1 Å². The van der Waals surface area contributed by atoms with Crippen LogP contribution >= 0.6 is 0 Å². The number of rotatable bonds is 3. The fourth-order valence-corrected chi connectivity index (χ4v) is 2.93. The van der Waals surface area contributed by atoms with E-state index >= 15 is 0 Å². The summed E-state index contributed by atoms with van der Waals surface area (Å²) in [5, 5.41) is 3.29. The Morgan fingerprint density at radius 2 is 1.79 bits per heavy atom. The van der Waals surface area contributed by atoms with Gasteiger partial charge in [0.1, 0.15) is 6.04 Å². The third kappa shape index (κ3) is 3.28. The Hall–Kier alpha value is -1.51. The normalized spacial score (nSPS) is 24.9. The molecule has 1 aliphatic rings. The Labute approximate surface area is 116 Å². The second kappa shape index (κ2) is 6.09. The second-order valence-electron chi connectivity index (χ2n) is 5.61. The molecule has 1 heterocycles. The van der Waals surface area contributed by atoms with Crippen molar-refractivity contribution in [3.63, 3.8) is 0 Å². The number of para-hydroxylation sites is 1. The van der Waals surface area contributed by atoms with Gasteiger partial charge in [-0.25, -0.2) is 0 Å². The number of hydrogen-bond donors (Lipinski definition) is 1. The first-order valence-corrected chi connectivity index (χ1v) is 7.23. The summed E-state index contributed by atoms with van der Waals surface area (Å²) in [5.74, 6) is 0.212. The van der Waals surface area contributed by atoms with E-state index in [0.717, 1.165) is 18.5 Å². The first-order chi connectivity index (χ1) is 9.09. The van der Waals surface area contributed by atoms with Crippen molar-refractivity contribution in [1.82, 2.24) is 4.90 Å². The third-order valence-electron chi connectivity index (χ3n) is 3.98. The molecule has 3 atom stereocenters. The van der Waals surface area contributed by atoms with Crippen molar-refractivity contribution < 1.29 is 4.79 Å². The minimum atomic E-state index is -0.176. The molecular formula is C16H24N2O. The Kier molecular flexibility index (Phi) is 4.46. The van der Waals surface area contributed by atoms with Gasteiger partial charge in [0.25, 0.3) is 0 Å². The maximum absolute atomic E-state index is 12.6. The van der Waals surface area contributed by atoms with Crippen molar-refractivity contribution in [1.29, 1.82) is 0 Å². The van der Waals surface area contributed by atoms with Crippen LogP contribution in [0.15, 0.2) is 30.3 Å². The van der Waals surface area contributed by atoms with Crippen LogP contribution in [0.3, 0.4) is 0 Å². The van der Waals surface area contributed by atoms with Crippen molar-refractivity contribution in [2.24, 2.45) is 0 Å². The Bertz CT molecular complexity index is 408. The molecule has 0 aromatic heterocycles. The molecular weight excluding hydrogens is 236 g/mol. The molecule has 1 amide bonds. The molecule has 2 rings (SSSR count). The van der Waals surface area contributed by atoms with E-state index in [1.807, 2.05) is 37.3 Å². The van der Waals surface area contributed by atoms with Crippen molar-refractivity contribution in [3.8, 4) is 0 Å². The van der Waals surface area contributed by atoms with Crippen LogP contribution in [0.4, 0.5) is 5.69 Å². The first-order valence-electron chi connectivity index (χ1n) is 7.23.